The second-order valence-electron chi connectivity index (χ2n) is 5.67. The predicted octanol–water partition coefficient (Wildman–Crippen LogP) is 1.49. The highest BCUT2D eigenvalue weighted by atomic mass is 32.2. The summed E-state index contributed by atoms with van der Waals surface area (Å²) < 4.78 is 29.2. The van der Waals surface area contributed by atoms with Crippen LogP contribution in [0.2, 0.25) is 0 Å². The van der Waals surface area contributed by atoms with Crippen molar-refractivity contribution in [3.63, 3.8) is 0 Å². The largest absolute Gasteiger partial charge is 0.334 e. The quantitative estimate of drug-likeness (QED) is 0.893. The van der Waals surface area contributed by atoms with Crippen molar-refractivity contribution in [3.8, 4) is 0 Å². The molecule has 0 saturated carbocycles. The van der Waals surface area contributed by atoms with Crippen LogP contribution in [0, 0.1) is 6.92 Å². The minimum absolute atomic E-state index is 0.103. The number of nitrogens with two attached hydrogens (primary N) is 1. The summed E-state index contributed by atoms with van der Waals surface area (Å²) in [5, 5.41) is 0.161. The van der Waals surface area contributed by atoms with Gasteiger partial charge < -0.3 is 10.3 Å². The van der Waals surface area contributed by atoms with Crippen LogP contribution in [-0.4, -0.2) is 41.4 Å². The summed E-state index contributed by atoms with van der Waals surface area (Å²) in [6, 6.07) is -0.103. The van der Waals surface area contributed by atoms with Crippen molar-refractivity contribution < 1.29 is 8.42 Å². The summed E-state index contributed by atoms with van der Waals surface area (Å²) in [7, 11) is -3.55. The lowest BCUT2D eigenvalue weighted by Gasteiger charge is -2.27. The van der Waals surface area contributed by atoms with Crippen LogP contribution in [0.15, 0.2) is 11.2 Å². The molecule has 1 aromatic rings. The zero-order valence-corrected chi connectivity index (χ0v) is 13.8. The highest BCUT2D eigenvalue weighted by molar-refractivity contribution is 7.89. The third-order valence-electron chi connectivity index (χ3n) is 4.09. The van der Waals surface area contributed by atoms with Gasteiger partial charge in [-0.25, -0.2) is 13.4 Å². The number of hydrogen-bond donors (Lipinski definition) is 1. The van der Waals surface area contributed by atoms with E-state index in [9.17, 15) is 8.42 Å². The van der Waals surface area contributed by atoms with Crippen molar-refractivity contribution >= 4 is 10.0 Å². The van der Waals surface area contributed by atoms with Gasteiger partial charge in [0.15, 0.2) is 5.03 Å². The summed E-state index contributed by atoms with van der Waals surface area (Å²) >= 11 is 0. The normalized spacial score (nSPS) is 21.4. The molecule has 1 saturated heterocycles. The van der Waals surface area contributed by atoms with Gasteiger partial charge in [0, 0.05) is 31.9 Å². The standard InChI is InChI=1S/C14H26N4O2S/c1-3-8-17-11-14(16-12(17)2)21(19,20)18-9-6-4-5-7-13(18)10-15/h11,13H,3-10,15H2,1-2H3. The summed E-state index contributed by atoms with van der Waals surface area (Å²) in [4.78, 5) is 4.27. The summed E-state index contributed by atoms with van der Waals surface area (Å²) in [5.41, 5.74) is 5.79. The molecule has 1 aliphatic rings. The molecule has 7 heteroatoms. The monoisotopic (exact) mass is 314 g/mol. The highest BCUT2D eigenvalue weighted by Gasteiger charge is 2.33. The van der Waals surface area contributed by atoms with Gasteiger partial charge in [-0.3, -0.25) is 0 Å². The van der Waals surface area contributed by atoms with E-state index in [2.05, 4.69) is 11.9 Å². The van der Waals surface area contributed by atoms with Gasteiger partial charge in [0.25, 0.3) is 10.0 Å². The lowest BCUT2D eigenvalue weighted by molar-refractivity contribution is 0.327. The summed E-state index contributed by atoms with van der Waals surface area (Å²) in [6.07, 6.45) is 6.44. The molecule has 0 spiro atoms. The van der Waals surface area contributed by atoms with E-state index in [0.717, 1.165) is 44.5 Å². The molecule has 1 aromatic heterocycles. The van der Waals surface area contributed by atoms with Crippen molar-refractivity contribution in [3.05, 3.63) is 12.0 Å². The Balaban J connectivity index is 2.33. The minimum atomic E-state index is -3.55. The van der Waals surface area contributed by atoms with Crippen LogP contribution in [0.5, 0.6) is 0 Å². The van der Waals surface area contributed by atoms with Crippen molar-refractivity contribution in [1.29, 1.82) is 0 Å². The van der Waals surface area contributed by atoms with Gasteiger partial charge >= 0.3 is 0 Å². The first-order valence-corrected chi connectivity index (χ1v) is 9.20. The molecule has 2 N–H and O–H groups in total. The molecular weight excluding hydrogens is 288 g/mol. The maximum absolute atomic E-state index is 12.9. The van der Waals surface area contributed by atoms with Crippen LogP contribution < -0.4 is 5.73 Å². The molecule has 0 radical (unpaired) electrons. The third-order valence-corrected chi connectivity index (χ3v) is 5.91. The van der Waals surface area contributed by atoms with E-state index >= 15 is 0 Å². The second-order valence-corrected chi connectivity index (χ2v) is 7.51. The van der Waals surface area contributed by atoms with Crippen molar-refractivity contribution in [2.24, 2.45) is 5.73 Å². The Morgan fingerprint density at radius 3 is 2.81 bits per heavy atom. The third kappa shape index (κ3) is 3.46. The number of nitrogens with zero attached hydrogens (tertiary/aromatic N) is 3. The smallest absolute Gasteiger partial charge is 0.262 e. The zero-order valence-electron chi connectivity index (χ0n) is 13.0. The molecule has 1 fully saturated rings. The number of rotatable bonds is 5. The Bertz CT molecular complexity index is 568. The van der Waals surface area contributed by atoms with Gasteiger partial charge in [0.05, 0.1) is 0 Å². The van der Waals surface area contributed by atoms with Crippen LogP contribution >= 0.6 is 0 Å². The van der Waals surface area contributed by atoms with E-state index in [1.807, 2.05) is 11.5 Å². The van der Waals surface area contributed by atoms with Crippen molar-refractivity contribution in [1.82, 2.24) is 13.9 Å². The van der Waals surface area contributed by atoms with Gasteiger partial charge in [-0.15, -0.1) is 0 Å². The van der Waals surface area contributed by atoms with Crippen LogP contribution in [0.1, 0.15) is 44.9 Å². The van der Waals surface area contributed by atoms with E-state index in [1.165, 1.54) is 0 Å². The molecule has 0 amide bonds. The van der Waals surface area contributed by atoms with E-state index in [1.54, 1.807) is 10.5 Å². The van der Waals surface area contributed by atoms with Crippen LogP contribution in [0.4, 0.5) is 0 Å². The van der Waals surface area contributed by atoms with E-state index in [4.69, 9.17) is 5.73 Å². The van der Waals surface area contributed by atoms with Gasteiger partial charge in [-0.1, -0.05) is 19.8 Å². The minimum Gasteiger partial charge on any atom is -0.334 e. The number of imidazole rings is 1. The van der Waals surface area contributed by atoms with Crippen molar-refractivity contribution in [2.75, 3.05) is 13.1 Å². The summed E-state index contributed by atoms with van der Waals surface area (Å²) in [6.45, 7) is 5.61. The zero-order chi connectivity index (χ0) is 15.5. The molecule has 2 heterocycles. The predicted molar refractivity (Wildman–Crippen MR) is 82.5 cm³/mol. The lowest BCUT2D eigenvalue weighted by Crippen LogP contribution is -2.44. The molecule has 0 aromatic carbocycles. The maximum Gasteiger partial charge on any atom is 0.262 e. The molecule has 1 aliphatic heterocycles. The average molecular weight is 314 g/mol. The number of sulfonamides is 1. The Kier molecular flexibility index (Phi) is 5.40. The Hall–Kier alpha value is -0.920. The highest BCUT2D eigenvalue weighted by Crippen LogP contribution is 2.24. The molecule has 120 valence electrons. The Morgan fingerprint density at radius 2 is 2.14 bits per heavy atom. The first-order valence-electron chi connectivity index (χ1n) is 7.76. The molecule has 1 unspecified atom stereocenters. The second kappa shape index (κ2) is 6.89. The number of hydrogen-bond acceptors (Lipinski definition) is 4. The first kappa shape index (κ1) is 16.5. The molecule has 6 nitrogen and oxygen atoms in total. The summed E-state index contributed by atoms with van der Waals surface area (Å²) in [5.74, 6) is 0.745. The van der Waals surface area contributed by atoms with Crippen LogP contribution in [0.25, 0.3) is 0 Å². The molecule has 2 rings (SSSR count). The average Bonchev–Trinajstić information content (AvgIpc) is 2.69. The fourth-order valence-corrected chi connectivity index (χ4v) is 4.60. The molecule has 0 aliphatic carbocycles. The van der Waals surface area contributed by atoms with Gasteiger partial charge in [0.1, 0.15) is 5.82 Å². The molecule has 0 bridgehead atoms. The van der Waals surface area contributed by atoms with Gasteiger partial charge in [-0.05, 0) is 26.2 Å². The molecular formula is C14H26N4O2S. The number of aromatic nitrogens is 2. The number of aryl methyl sites for hydroxylation is 2. The van der Waals surface area contributed by atoms with Crippen LogP contribution in [0.3, 0.4) is 0 Å². The van der Waals surface area contributed by atoms with Crippen molar-refractivity contribution in [2.45, 2.75) is 63.6 Å². The van der Waals surface area contributed by atoms with Gasteiger partial charge in [-0.2, -0.15) is 4.31 Å². The maximum atomic E-state index is 12.9. The molecule has 21 heavy (non-hydrogen) atoms. The Labute approximate surface area is 127 Å². The SMILES string of the molecule is CCCn1cc(S(=O)(=O)N2CCCCCC2CN)nc1C. The first-order chi connectivity index (χ1) is 10.0. The fourth-order valence-electron chi connectivity index (χ4n) is 2.89. The van der Waals surface area contributed by atoms with Crippen LogP contribution in [-0.2, 0) is 16.6 Å². The molecule has 1 atom stereocenters. The lowest BCUT2D eigenvalue weighted by atomic mass is 10.1. The van der Waals surface area contributed by atoms with E-state index in [0.29, 0.717) is 13.1 Å². The fraction of sp³-hybridized carbons (Fsp3) is 0.786. The van der Waals surface area contributed by atoms with E-state index in [-0.39, 0.29) is 11.1 Å². The topological polar surface area (TPSA) is 81.2 Å². The van der Waals surface area contributed by atoms with Gasteiger partial charge in [0.2, 0.25) is 0 Å². The van der Waals surface area contributed by atoms with E-state index < -0.39 is 10.0 Å². The Morgan fingerprint density at radius 1 is 1.38 bits per heavy atom.